The van der Waals surface area contributed by atoms with E-state index >= 15 is 0 Å². The van der Waals surface area contributed by atoms with Gasteiger partial charge in [0.25, 0.3) is 0 Å². The number of primary amides is 1. The van der Waals surface area contributed by atoms with Gasteiger partial charge in [0, 0.05) is 0 Å². The highest BCUT2D eigenvalue weighted by atomic mass is 16.5. The van der Waals surface area contributed by atoms with Gasteiger partial charge in [-0.15, -0.1) is 0 Å². The van der Waals surface area contributed by atoms with Crippen LogP contribution in [0, 0.1) is 5.92 Å². The van der Waals surface area contributed by atoms with Crippen LogP contribution in [0.15, 0.2) is 18.2 Å². The average molecular weight is 294 g/mol. The summed E-state index contributed by atoms with van der Waals surface area (Å²) in [5.74, 6) is 2.02. The molecule has 0 saturated heterocycles. The van der Waals surface area contributed by atoms with E-state index in [1.807, 2.05) is 32.0 Å². The Kier molecular flexibility index (Phi) is 4.90. The van der Waals surface area contributed by atoms with Gasteiger partial charge in [-0.25, -0.2) is 9.86 Å². The zero-order chi connectivity index (χ0) is 15.4. The summed E-state index contributed by atoms with van der Waals surface area (Å²) >= 11 is 0. The molecular weight excluding hydrogens is 272 g/mol. The summed E-state index contributed by atoms with van der Waals surface area (Å²) in [5.41, 5.74) is 6.14. The lowest BCUT2D eigenvalue weighted by Crippen LogP contribution is -2.34. The van der Waals surface area contributed by atoms with Gasteiger partial charge in [0.05, 0.1) is 19.8 Å². The molecule has 1 aromatic rings. The monoisotopic (exact) mass is 294 g/mol. The van der Waals surface area contributed by atoms with E-state index < -0.39 is 6.03 Å². The molecule has 0 bridgehead atoms. The third-order valence-corrected chi connectivity index (χ3v) is 3.58. The van der Waals surface area contributed by atoms with E-state index in [0.717, 1.165) is 23.5 Å². The fraction of sp³-hybridized carbons (Fsp3) is 0.533. The van der Waals surface area contributed by atoms with Gasteiger partial charge in [-0.3, -0.25) is 5.21 Å². The molecule has 2 atom stereocenters. The number of hydroxylamine groups is 2. The molecule has 1 aliphatic rings. The number of hydrogen-bond donors (Lipinski definition) is 2. The molecule has 6 nitrogen and oxygen atoms in total. The lowest BCUT2D eigenvalue weighted by molar-refractivity contribution is -0.0431. The molecular formula is C15H22N2O4. The van der Waals surface area contributed by atoms with Crippen molar-refractivity contribution in [3.05, 3.63) is 23.8 Å². The largest absolute Gasteiger partial charge is 0.490 e. The second-order valence-corrected chi connectivity index (χ2v) is 5.09. The quantitative estimate of drug-likeness (QED) is 0.597. The Labute approximate surface area is 124 Å². The maximum atomic E-state index is 10.8. The maximum Gasteiger partial charge on any atom is 0.338 e. The third kappa shape index (κ3) is 3.78. The lowest BCUT2D eigenvalue weighted by atomic mass is 10.1. The second-order valence-electron chi connectivity index (χ2n) is 5.09. The molecule has 0 radical (unpaired) electrons. The molecule has 2 unspecified atom stereocenters. The summed E-state index contributed by atoms with van der Waals surface area (Å²) in [7, 11) is 0. The topological polar surface area (TPSA) is 85.0 Å². The van der Waals surface area contributed by atoms with Crippen LogP contribution in [-0.2, 0) is 0 Å². The highest BCUT2D eigenvalue weighted by molar-refractivity contribution is 5.70. The van der Waals surface area contributed by atoms with E-state index in [1.54, 1.807) is 0 Å². The Balaban J connectivity index is 2.04. The highest BCUT2D eigenvalue weighted by Gasteiger charge is 2.40. The first-order chi connectivity index (χ1) is 10.1. The zero-order valence-corrected chi connectivity index (χ0v) is 12.4. The van der Waals surface area contributed by atoms with E-state index in [0.29, 0.717) is 24.2 Å². The smallest absolute Gasteiger partial charge is 0.338 e. The molecule has 116 valence electrons. The number of nitrogens with zero attached hydrogens (tertiary/aromatic N) is 1. The van der Waals surface area contributed by atoms with Crippen LogP contribution in [0.4, 0.5) is 4.79 Å². The van der Waals surface area contributed by atoms with Crippen molar-refractivity contribution >= 4 is 6.03 Å². The predicted octanol–water partition coefficient (Wildman–Crippen LogP) is 2.36. The van der Waals surface area contributed by atoms with E-state index in [4.69, 9.17) is 15.2 Å². The standard InChI is InChI=1S/C15H22N2O4/c1-3-20-13-6-5-10(8-14(13)21-4-2)12-7-11(12)9-17(19)15(16)18/h5-6,8,11-12,19H,3-4,7,9H2,1-2H3,(H2,16,18). The summed E-state index contributed by atoms with van der Waals surface area (Å²) in [5, 5.41) is 9.94. The predicted molar refractivity (Wildman–Crippen MR) is 77.7 cm³/mol. The Morgan fingerprint density at radius 2 is 2.00 bits per heavy atom. The van der Waals surface area contributed by atoms with Crippen molar-refractivity contribution in [1.29, 1.82) is 0 Å². The molecule has 21 heavy (non-hydrogen) atoms. The van der Waals surface area contributed by atoms with Gasteiger partial charge in [-0.1, -0.05) is 6.07 Å². The first-order valence-electron chi connectivity index (χ1n) is 7.22. The minimum Gasteiger partial charge on any atom is -0.490 e. The number of rotatable bonds is 7. The summed E-state index contributed by atoms with van der Waals surface area (Å²) in [6.07, 6.45) is 0.921. The SMILES string of the molecule is CCOc1ccc(C2CC2CN(O)C(N)=O)cc1OCC. The fourth-order valence-corrected chi connectivity index (χ4v) is 2.47. The van der Waals surface area contributed by atoms with Crippen LogP contribution in [0.3, 0.4) is 0 Å². The fourth-order valence-electron chi connectivity index (χ4n) is 2.47. The number of ether oxygens (including phenoxy) is 2. The van der Waals surface area contributed by atoms with Crippen molar-refractivity contribution < 1.29 is 19.5 Å². The van der Waals surface area contributed by atoms with Gasteiger partial charge < -0.3 is 15.2 Å². The van der Waals surface area contributed by atoms with Crippen molar-refractivity contribution in [3.8, 4) is 11.5 Å². The number of nitrogens with two attached hydrogens (primary N) is 1. The maximum absolute atomic E-state index is 10.8. The normalized spacial score (nSPS) is 20.0. The van der Waals surface area contributed by atoms with Crippen LogP contribution in [0.5, 0.6) is 11.5 Å². The van der Waals surface area contributed by atoms with Crippen molar-refractivity contribution in [2.45, 2.75) is 26.2 Å². The number of hydrogen-bond acceptors (Lipinski definition) is 4. The van der Waals surface area contributed by atoms with Crippen LogP contribution < -0.4 is 15.2 Å². The Hall–Kier alpha value is -1.95. The molecule has 0 aliphatic heterocycles. The van der Waals surface area contributed by atoms with Gasteiger partial charge in [-0.05, 0) is 49.8 Å². The molecule has 2 amide bonds. The number of urea groups is 1. The first kappa shape index (κ1) is 15.4. The Morgan fingerprint density at radius 1 is 1.33 bits per heavy atom. The Morgan fingerprint density at radius 3 is 2.62 bits per heavy atom. The number of benzene rings is 1. The van der Waals surface area contributed by atoms with Gasteiger partial charge in [-0.2, -0.15) is 0 Å². The number of carbonyl (C=O) groups excluding carboxylic acids is 1. The van der Waals surface area contributed by atoms with Crippen LogP contribution >= 0.6 is 0 Å². The summed E-state index contributed by atoms with van der Waals surface area (Å²) < 4.78 is 11.1. The molecule has 6 heteroatoms. The highest BCUT2D eigenvalue weighted by Crippen LogP contribution is 2.49. The molecule has 2 rings (SSSR count). The molecule has 0 spiro atoms. The van der Waals surface area contributed by atoms with Crippen molar-refractivity contribution in [2.75, 3.05) is 19.8 Å². The summed E-state index contributed by atoms with van der Waals surface area (Å²) in [4.78, 5) is 10.8. The van der Waals surface area contributed by atoms with Crippen LogP contribution in [-0.4, -0.2) is 36.1 Å². The molecule has 3 N–H and O–H groups in total. The zero-order valence-electron chi connectivity index (χ0n) is 12.4. The van der Waals surface area contributed by atoms with Gasteiger partial charge in [0.15, 0.2) is 11.5 Å². The molecule has 1 aromatic carbocycles. The van der Waals surface area contributed by atoms with Crippen molar-refractivity contribution in [2.24, 2.45) is 11.7 Å². The van der Waals surface area contributed by atoms with Gasteiger partial charge >= 0.3 is 6.03 Å². The second kappa shape index (κ2) is 6.67. The summed E-state index contributed by atoms with van der Waals surface area (Å²) in [6.45, 7) is 5.28. The minimum atomic E-state index is -0.817. The molecule has 1 aliphatic carbocycles. The minimum absolute atomic E-state index is 0.231. The lowest BCUT2D eigenvalue weighted by Gasteiger charge is -2.13. The van der Waals surface area contributed by atoms with Crippen LogP contribution in [0.2, 0.25) is 0 Å². The van der Waals surface area contributed by atoms with Crippen molar-refractivity contribution in [1.82, 2.24) is 5.06 Å². The van der Waals surface area contributed by atoms with E-state index in [1.165, 1.54) is 0 Å². The van der Waals surface area contributed by atoms with Gasteiger partial charge in [0.2, 0.25) is 0 Å². The van der Waals surface area contributed by atoms with Crippen LogP contribution in [0.1, 0.15) is 31.7 Å². The first-order valence-corrected chi connectivity index (χ1v) is 7.22. The number of amides is 2. The average Bonchev–Trinajstić information content (AvgIpc) is 3.20. The third-order valence-electron chi connectivity index (χ3n) is 3.58. The number of carbonyl (C=O) groups is 1. The van der Waals surface area contributed by atoms with E-state index in [-0.39, 0.29) is 12.5 Å². The molecule has 1 fully saturated rings. The summed E-state index contributed by atoms with van der Waals surface area (Å²) in [6, 6.07) is 5.07. The molecule has 1 saturated carbocycles. The van der Waals surface area contributed by atoms with Crippen LogP contribution in [0.25, 0.3) is 0 Å². The van der Waals surface area contributed by atoms with Gasteiger partial charge in [0.1, 0.15) is 0 Å². The Bertz CT molecular complexity index is 506. The molecule has 0 aromatic heterocycles. The van der Waals surface area contributed by atoms with E-state index in [2.05, 4.69) is 0 Å². The molecule has 0 heterocycles. The van der Waals surface area contributed by atoms with Crippen molar-refractivity contribution in [3.63, 3.8) is 0 Å². The van der Waals surface area contributed by atoms with E-state index in [9.17, 15) is 10.0 Å².